The van der Waals surface area contributed by atoms with Crippen LogP contribution in [-0.2, 0) is 22.6 Å². The molecule has 1 N–H and O–H groups in total. The molecule has 31 heavy (non-hydrogen) atoms. The highest BCUT2D eigenvalue weighted by Gasteiger charge is 2.36. The van der Waals surface area contributed by atoms with Gasteiger partial charge < -0.3 is 14.8 Å². The molecule has 0 radical (unpaired) electrons. The number of nitrogens with zero attached hydrogens (tertiary/aromatic N) is 3. The van der Waals surface area contributed by atoms with E-state index in [1.165, 1.54) is 0 Å². The number of carbonyl (C=O) groups is 2. The van der Waals surface area contributed by atoms with Crippen LogP contribution in [0.2, 0.25) is 0 Å². The van der Waals surface area contributed by atoms with Crippen LogP contribution < -0.4 is 5.56 Å². The van der Waals surface area contributed by atoms with Gasteiger partial charge in [0, 0.05) is 37.0 Å². The second kappa shape index (κ2) is 7.94. The maximum atomic E-state index is 13.0. The van der Waals surface area contributed by atoms with Crippen LogP contribution in [0.4, 0.5) is 0 Å². The quantitative estimate of drug-likeness (QED) is 0.822. The smallest absolute Gasteiger partial charge is 0.254 e. The van der Waals surface area contributed by atoms with Crippen LogP contribution >= 0.6 is 0 Å². The number of benzene rings is 1. The van der Waals surface area contributed by atoms with E-state index in [0.29, 0.717) is 44.0 Å². The molecule has 2 fully saturated rings. The number of carbonyl (C=O) groups excluding carboxylic acids is 2. The molecule has 3 heterocycles. The van der Waals surface area contributed by atoms with Gasteiger partial charge in [0.2, 0.25) is 11.8 Å². The van der Waals surface area contributed by atoms with Gasteiger partial charge in [0.05, 0.1) is 18.2 Å². The molecule has 7 nitrogen and oxygen atoms in total. The van der Waals surface area contributed by atoms with Gasteiger partial charge in [-0.25, -0.2) is 4.98 Å². The van der Waals surface area contributed by atoms with Crippen LogP contribution in [0.15, 0.2) is 35.1 Å². The zero-order chi connectivity index (χ0) is 21.5. The zero-order valence-corrected chi connectivity index (χ0v) is 17.8. The van der Waals surface area contributed by atoms with Gasteiger partial charge in [-0.05, 0) is 38.2 Å². The summed E-state index contributed by atoms with van der Waals surface area (Å²) in [5.74, 6) is 0.935. The van der Waals surface area contributed by atoms with Gasteiger partial charge >= 0.3 is 0 Å². The summed E-state index contributed by atoms with van der Waals surface area (Å²) in [6.45, 7) is 4.17. The van der Waals surface area contributed by atoms with Gasteiger partial charge in [-0.3, -0.25) is 14.4 Å². The monoisotopic (exact) mass is 420 g/mol. The molecule has 5 rings (SSSR count). The van der Waals surface area contributed by atoms with E-state index < -0.39 is 0 Å². The second-order valence-corrected chi connectivity index (χ2v) is 9.06. The topological polar surface area (TPSA) is 86.4 Å². The summed E-state index contributed by atoms with van der Waals surface area (Å²) in [6.07, 6.45) is 3.28. The molecule has 2 atom stereocenters. The van der Waals surface area contributed by atoms with Gasteiger partial charge in [-0.15, -0.1) is 0 Å². The van der Waals surface area contributed by atoms with E-state index in [9.17, 15) is 14.4 Å². The van der Waals surface area contributed by atoms with Crippen molar-refractivity contribution >= 4 is 11.8 Å². The summed E-state index contributed by atoms with van der Waals surface area (Å²) >= 11 is 0. The number of aromatic nitrogens is 2. The number of rotatable bonds is 4. The minimum atomic E-state index is -0.197. The molecular formula is C24H28N4O3. The number of hydrogen-bond donors (Lipinski definition) is 1. The number of H-pyrrole nitrogens is 1. The Balaban J connectivity index is 1.31. The molecule has 1 saturated heterocycles. The average Bonchev–Trinajstić information content (AvgIpc) is 3.53. The summed E-state index contributed by atoms with van der Waals surface area (Å²) < 4.78 is 0. The molecule has 1 saturated carbocycles. The van der Waals surface area contributed by atoms with Crippen molar-refractivity contribution in [3.8, 4) is 0 Å². The van der Waals surface area contributed by atoms with Crippen molar-refractivity contribution in [1.82, 2.24) is 19.8 Å². The van der Waals surface area contributed by atoms with E-state index in [1.807, 2.05) is 47.1 Å². The molecule has 1 aromatic carbocycles. The standard InChI is InChI=1S/C24H28N4O3/c1-15(16-5-3-2-4-6-16)23(30)27-11-9-18(13-27)21-25-20-14-28(24(31)17-7-8-17)12-10-19(20)22(29)26-21/h2-6,15,17-18H,7-14H2,1H3,(H,25,26,29)/t15-,18+/m1/s1. The Kier molecular flexibility index (Phi) is 5.12. The average molecular weight is 421 g/mol. The van der Waals surface area contributed by atoms with E-state index in [2.05, 4.69) is 4.98 Å². The Labute approximate surface area is 181 Å². The van der Waals surface area contributed by atoms with Crippen molar-refractivity contribution in [3.05, 3.63) is 63.3 Å². The number of amides is 2. The van der Waals surface area contributed by atoms with E-state index in [0.717, 1.165) is 30.5 Å². The minimum absolute atomic E-state index is 0.0134. The fourth-order valence-electron chi connectivity index (χ4n) is 4.77. The fourth-order valence-corrected chi connectivity index (χ4v) is 4.77. The molecule has 1 aliphatic carbocycles. The third-order valence-electron chi connectivity index (χ3n) is 6.89. The molecule has 2 aliphatic heterocycles. The summed E-state index contributed by atoms with van der Waals surface area (Å²) in [6, 6.07) is 9.81. The Morgan fingerprint density at radius 3 is 2.61 bits per heavy atom. The van der Waals surface area contributed by atoms with Crippen molar-refractivity contribution in [2.24, 2.45) is 5.92 Å². The largest absolute Gasteiger partial charge is 0.341 e. The van der Waals surface area contributed by atoms with Crippen LogP contribution in [0.5, 0.6) is 0 Å². The van der Waals surface area contributed by atoms with Crippen molar-refractivity contribution in [2.75, 3.05) is 19.6 Å². The highest BCUT2D eigenvalue weighted by molar-refractivity contribution is 5.83. The molecule has 3 aliphatic rings. The highest BCUT2D eigenvalue weighted by Crippen LogP contribution is 2.33. The van der Waals surface area contributed by atoms with Gasteiger partial charge in [0.15, 0.2) is 0 Å². The predicted molar refractivity (Wildman–Crippen MR) is 115 cm³/mol. The molecule has 162 valence electrons. The fraction of sp³-hybridized carbons (Fsp3) is 0.500. The van der Waals surface area contributed by atoms with Crippen molar-refractivity contribution in [2.45, 2.75) is 51.0 Å². The number of nitrogens with one attached hydrogen (secondary N) is 1. The number of hydrogen-bond acceptors (Lipinski definition) is 4. The summed E-state index contributed by atoms with van der Waals surface area (Å²) in [5.41, 5.74) is 2.34. The Hall–Kier alpha value is -2.96. The van der Waals surface area contributed by atoms with Gasteiger partial charge in [-0.2, -0.15) is 0 Å². The van der Waals surface area contributed by atoms with Gasteiger partial charge in [-0.1, -0.05) is 30.3 Å². The Bertz CT molecular complexity index is 1060. The summed E-state index contributed by atoms with van der Waals surface area (Å²) in [7, 11) is 0. The van der Waals surface area contributed by atoms with Crippen LogP contribution in [0, 0.1) is 5.92 Å². The molecular weight excluding hydrogens is 392 g/mol. The van der Waals surface area contributed by atoms with E-state index in [4.69, 9.17) is 4.98 Å². The molecule has 1 aromatic heterocycles. The predicted octanol–water partition coefficient (Wildman–Crippen LogP) is 2.18. The lowest BCUT2D eigenvalue weighted by Crippen LogP contribution is -2.40. The lowest BCUT2D eigenvalue weighted by molar-refractivity contribution is -0.133. The summed E-state index contributed by atoms with van der Waals surface area (Å²) in [5, 5.41) is 0. The maximum absolute atomic E-state index is 13.0. The first-order chi connectivity index (χ1) is 15.0. The lowest BCUT2D eigenvalue weighted by atomic mass is 10.00. The first-order valence-corrected chi connectivity index (χ1v) is 11.3. The number of fused-ring (bicyclic) bond motifs is 1. The normalized spacial score (nSPS) is 21.6. The van der Waals surface area contributed by atoms with Gasteiger partial charge in [0.25, 0.3) is 5.56 Å². The third kappa shape index (κ3) is 3.89. The highest BCUT2D eigenvalue weighted by atomic mass is 16.2. The minimum Gasteiger partial charge on any atom is -0.341 e. The first kappa shape index (κ1) is 20.0. The Morgan fingerprint density at radius 2 is 1.87 bits per heavy atom. The molecule has 7 heteroatoms. The van der Waals surface area contributed by atoms with Crippen molar-refractivity contribution in [1.29, 1.82) is 0 Å². The van der Waals surface area contributed by atoms with Crippen molar-refractivity contribution in [3.63, 3.8) is 0 Å². The van der Waals surface area contributed by atoms with E-state index in [1.54, 1.807) is 0 Å². The lowest BCUT2D eigenvalue weighted by Gasteiger charge is -2.28. The zero-order valence-electron chi connectivity index (χ0n) is 17.8. The number of aromatic amines is 1. The van der Waals surface area contributed by atoms with E-state index in [-0.39, 0.29) is 35.1 Å². The number of likely N-dealkylation sites (tertiary alicyclic amines) is 1. The van der Waals surface area contributed by atoms with Crippen molar-refractivity contribution < 1.29 is 9.59 Å². The molecule has 0 spiro atoms. The molecule has 0 bridgehead atoms. The molecule has 2 amide bonds. The second-order valence-electron chi connectivity index (χ2n) is 9.06. The first-order valence-electron chi connectivity index (χ1n) is 11.3. The van der Waals surface area contributed by atoms with Gasteiger partial charge in [0.1, 0.15) is 5.82 Å². The SMILES string of the molecule is C[C@@H](C(=O)N1CC[C@H](c2nc3c(c(=O)[nH]2)CCN(C(=O)C2CC2)C3)C1)c1ccccc1. The maximum Gasteiger partial charge on any atom is 0.254 e. The molecule has 0 unspecified atom stereocenters. The van der Waals surface area contributed by atoms with Crippen LogP contribution in [0.3, 0.4) is 0 Å². The van der Waals surface area contributed by atoms with Crippen LogP contribution in [0.1, 0.15) is 60.7 Å². The van der Waals surface area contributed by atoms with Crippen LogP contribution in [0.25, 0.3) is 0 Å². The molecule has 2 aromatic rings. The Morgan fingerprint density at radius 1 is 1.10 bits per heavy atom. The van der Waals surface area contributed by atoms with Crippen LogP contribution in [-0.4, -0.2) is 51.2 Å². The third-order valence-corrected chi connectivity index (χ3v) is 6.89. The summed E-state index contributed by atoms with van der Waals surface area (Å²) in [4.78, 5) is 49.6. The van der Waals surface area contributed by atoms with E-state index >= 15 is 0 Å².